The zero-order valence-electron chi connectivity index (χ0n) is 8.73. The number of aliphatic imine (C=N–C) groups is 1. The van der Waals surface area contributed by atoms with E-state index in [0.717, 1.165) is 25.7 Å². The first-order valence-corrected chi connectivity index (χ1v) is 5.04. The minimum atomic E-state index is -0.447. The fourth-order valence-corrected chi connectivity index (χ4v) is 1.50. The largest absolute Gasteiger partial charge is 0.477 e. The number of esters is 1. The van der Waals surface area contributed by atoms with Crippen molar-refractivity contribution < 1.29 is 14.3 Å². The molecule has 0 spiro atoms. The van der Waals surface area contributed by atoms with Crippen LogP contribution < -0.4 is 0 Å². The van der Waals surface area contributed by atoms with Crippen LogP contribution >= 0.6 is 0 Å². The SMILES string of the molecule is CCCCC[C@H]1OC=N[C@H]1C(=O)OC. The zero-order chi connectivity index (χ0) is 10.4. The molecule has 4 heteroatoms. The van der Waals surface area contributed by atoms with Crippen molar-refractivity contribution in [2.24, 2.45) is 4.99 Å². The molecule has 0 N–H and O–H groups in total. The lowest BCUT2D eigenvalue weighted by atomic mass is 10.1. The molecule has 14 heavy (non-hydrogen) atoms. The number of carbonyl (C=O) groups excluding carboxylic acids is 1. The molecule has 0 fully saturated rings. The quantitative estimate of drug-likeness (QED) is 0.498. The molecule has 2 atom stereocenters. The van der Waals surface area contributed by atoms with Crippen molar-refractivity contribution in [3.05, 3.63) is 0 Å². The van der Waals surface area contributed by atoms with E-state index in [9.17, 15) is 4.79 Å². The standard InChI is InChI=1S/C10H17NO3/c1-3-4-5-6-8-9(10(12)13-2)11-7-14-8/h7-9H,3-6H2,1-2H3/t8-,9-/m1/s1. The van der Waals surface area contributed by atoms with Crippen molar-refractivity contribution in [2.75, 3.05) is 7.11 Å². The second-order valence-corrected chi connectivity index (χ2v) is 3.39. The van der Waals surface area contributed by atoms with Gasteiger partial charge < -0.3 is 9.47 Å². The molecule has 0 aromatic heterocycles. The molecule has 1 rings (SSSR count). The highest BCUT2D eigenvalue weighted by Crippen LogP contribution is 2.17. The summed E-state index contributed by atoms with van der Waals surface area (Å²) in [5.41, 5.74) is 0. The summed E-state index contributed by atoms with van der Waals surface area (Å²) in [6.45, 7) is 2.14. The summed E-state index contributed by atoms with van der Waals surface area (Å²) in [7, 11) is 1.37. The third-order valence-corrected chi connectivity index (χ3v) is 2.34. The van der Waals surface area contributed by atoms with Gasteiger partial charge in [-0.25, -0.2) is 9.79 Å². The number of ether oxygens (including phenoxy) is 2. The van der Waals surface area contributed by atoms with E-state index in [0.29, 0.717) is 0 Å². The van der Waals surface area contributed by atoms with Gasteiger partial charge in [0.2, 0.25) is 0 Å². The number of nitrogens with zero attached hydrogens (tertiary/aromatic N) is 1. The van der Waals surface area contributed by atoms with Crippen LogP contribution in [0.2, 0.25) is 0 Å². The van der Waals surface area contributed by atoms with Crippen LogP contribution in [0.25, 0.3) is 0 Å². The van der Waals surface area contributed by atoms with E-state index < -0.39 is 6.04 Å². The Morgan fingerprint density at radius 3 is 3.00 bits per heavy atom. The van der Waals surface area contributed by atoms with Crippen LogP contribution in [-0.4, -0.2) is 31.6 Å². The predicted molar refractivity (Wildman–Crippen MR) is 53.3 cm³/mol. The van der Waals surface area contributed by atoms with Gasteiger partial charge in [0.25, 0.3) is 0 Å². The number of hydrogen-bond acceptors (Lipinski definition) is 4. The smallest absolute Gasteiger partial charge is 0.334 e. The van der Waals surface area contributed by atoms with E-state index in [2.05, 4.69) is 16.7 Å². The van der Waals surface area contributed by atoms with Gasteiger partial charge in [-0.1, -0.05) is 19.8 Å². The maximum absolute atomic E-state index is 11.2. The fourth-order valence-electron chi connectivity index (χ4n) is 1.50. The number of unbranched alkanes of at least 4 members (excludes halogenated alkanes) is 2. The molecular weight excluding hydrogens is 182 g/mol. The molecule has 4 nitrogen and oxygen atoms in total. The van der Waals surface area contributed by atoms with Gasteiger partial charge in [-0.3, -0.25) is 0 Å². The maximum atomic E-state index is 11.2. The number of hydrogen-bond donors (Lipinski definition) is 0. The number of carbonyl (C=O) groups is 1. The van der Waals surface area contributed by atoms with Crippen molar-refractivity contribution in [1.29, 1.82) is 0 Å². The lowest BCUT2D eigenvalue weighted by Gasteiger charge is -2.14. The average Bonchev–Trinajstić information content (AvgIpc) is 2.65. The van der Waals surface area contributed by atoms with Gasteiger partial charge >= 0.3 is 5.97 Å². The fraction of sp³-hybridized carbons (Fsp3) is 0.800. The first-order valence-electron chi connectivity index (χ1n) is 5.04. The Morgan fingerprint density at radius 2 is 2.36 bits per heavy atom. The lowest BCUT2D eigenvalue weighted by molar-refractivity contribution is -0.143. The van der Waals surface area contributed by atoms with E-state index in [-0.39, 0.29) is 12.1 Å². The normalized spacial score (nSPS) is 24.7. The third-order valence-electron chi connectivity index (χ3n) is 2.34. The van der Waals surface area contributed by atoms with E-state index in [1.807, 2.05) is 0 Å². The molecule has 0 amide bonds. The maximum Gasteiger partial charge on any atom is 0.334 e. The molecule has 0 unspecified atom stereocenters. The summed E-state index contributed by atoms with van der Waals surface area (Å²) >= 11 is 0. The third kappa shape index (κ3) is 2.72. The Hall–Kier alpha value is -1.06. The Kier molecular flexibility index (Phi) is 4.43. The first kappa shape index (κ1) is 11.0. The van der Waals surface area contributed by atoms with Gasteiger partial charge in [0.15, 0.2) is 12.4 Å². The second-order valence-electron chi connectivity index (χ2n) is 3.39. The molecule has 0 radical (unpaired) electrons. The molecule has 80 valence electrons. The number of rotatable bonds is 5. The highest BCUT2D eigenvalue weighted by molar-refractivity contribution is 5.79. The summed E-state index contributed by atoms with van der Waals surface area (Å²) in [5.74, 6) is -0.305. The van der Waals surface area contributed by atoms with E-state index >= 15 is 0 Å². The van der Waals surface area contributed by atoms with Gasteiger partial charge in [0, 0.05) is 0 Å². The zero-order valence-corrected chi connectivity index (χ0v) is 8.73. The summed E-state index contributed by atoms with van der Waals surface area (Å²) in [6, 6.07) is -0.447. The van der Waals surface area contributed by atoms with Crippen LogP contribution in [0.1, 0.15) is 32.6 Å². The van der Waals surface area contributed by atoms with Gasteiger partial charge in [-0.2, -0.15) is 0 Å². The topological polar surface area (TPSA) is 47.9 Å². The predicted octanol–water partition coefficient (Wildman–Crippen LogP) is 1.54. The Bertz CT molecular complexity index is 215. The van der Waals surface area contributed by atoms with Crippen LogP contribution in [0.3, 0.4) is 0 Å². The average molecular weight is 199 g/mol. The van der Waals surface area contributed by atoms with Crippen molar-refractivity contribution in [3.8, 4) is 0 Å². The lowest BCUT2D eigenvalue weighted by Crippen LogP contribution is -2.31. The first-order chi connectivity index (χ1) is 6.79. The van der Waals surface area contributed by atoms with Crippen LogP contribution in [0.4, 0.5) is 0 Å². The molecule has 1 heterocycles. The van der Waals surface area contributed by atoms with Crippen molar-refractivity contribution >= 4 is 12.4 Å². The highest BCUT2D eigenvalue weighted by atomic mass is 16.5. The molecule has 0 bridgehead atoms. The molecule has 0 saturated heterocycles. The van der Waals surface area contributed by atoms with Crippen LogP contribution in [0.5, 0.6) is 0 Å². The summed E-state index contributed by atoms with van der Waals surface area (Å²) in [4.78, 5) is 15.2. The van der Waals surface area contributed by atoms with Gasteiger partial charge in [-0.05, 0) is 12.8 Å². The van der Waals surface area contributed by atoms with Gasteiger partial charge in [0.05, 0.1) is 7.11 Å². The van der Waals surface area contributed by atoms with Gasteiger partial charge in [0.1, 0.15) is 6.10 Å². The van der Waals surface area contributed by atoms with Crippen molar-refractivity contribution in [2.45, 2.75) is 44.8 Å². The second kappa shape index (κ2) is 5.62. The van der Waals surface area contributed by atoms with E-state index in [1.165, 1.54) is 13.5 Å². The van der Waals surface area contributed by atoms with Gasteiger partial charge in [-0.15, -0.1) is 0 Å². The van der Waals surface area contributed by atoms with Crippen LogP contribution in [-0.2, 0) is 14.3 Å². The molecule has 0 aromatic rings. The Labute approximate surface area is 84.3 Å². The van der Waals surface area contributed by atoms with Crippen molar-refractivity contribution in [1.82, 2.24) is 0 Å². The molecule has 1 aliphatic rings. The monoisotopic (exact) mass is 199 g/mol. The Balaban J connectivity index is 2.34. The number of methoxy groups -OCH3 is 1. The van der Waals surface area contributed by atoms with Crippen molar-refractivity contribution in [3.63, 3.8) is 0 Å². The Morgan fingerprint density at radius 1 is 1.57 bits per heavy atom. The van der Waals surface area contributed by atoms with Crippen LogP contribution in [0, 0.1) is 0 Å². The van der Waals surface area contributed by atoms with E-state index in [4.69, 9.17) is 4.74 Å². The molecule has 1 aliphatic heterocycles. The molecule has 0 saturated carbocycles. The summed E-state index contributed by atoms with van der Waals surface area (Å²) < 4.78 is 9.88. The van der Waals surface area contributed by atoms with E-state index in [1.54, 1.807) is 0 Å². The summed E-state index contributed by atoms with van der Waals surface area (Å²) in [6.07, 6.45) is 5.50. The molecular formula is C10H17NO3. The summed E-state index contributed by atoms with van der Waals surface area (Å²) in [5, 5.41) is 0. The minimum absolute atomic E-state index is 0.117. The van der Waals surface area contributed by atoms with Crippen LogP contribution in [0.15, 0.2) is 4.99 Å². The highest BCUT2D eigenvalue weighted by Gasteiger charge is 2.32. The molecule has 0 aliphatic carbocycles. The minimum Gasteiger partial charge on any atom is -0.477 e. The molecule has 0 aromatic carbocycles.